The summed E-state index contributed by atoms with van der Waals surface area (Å²) in [5.41, 5.74) is 0. The highest BCUT2D eigenvalue weighted by atomic mass is 16.5. The van der Waals surface area contributed by atoms with E-state index < -0.39 is 0 Å². The highest BCUT2D eigenvalue weighted by Gasteiger charge is 2.21. The molecule has 0 radical (unpaired) electrons. The molecule has 1 heterocycles. The van der Waals surface area contributed by atoms with Crippen LogP contribution in [-0.2, 0) is 9.47 Å². The van der Waals surface area contributed by atoms with Gasteiger partial charge >= 0.3 is 0 Å². The normalized spacial score (nSPS) is 27.9. The molecule has 1 rings (SSSR count). The van der Waals surface area contributed by atoms with Gasteiger partial charge in [0.05, 0.1) is 6.10 Å². The smallest absolute Gasteiger partial charge is 0.0589 e. The third kappa shape index (κ3) is 5.28. The number of methoxy groups -OCH3 is 1. The maximum Gasteiger partial charge on any atom is 0.0589 e. The molecule has 1 saturated heterocycles. The van der Waals surface area contributed by atoms with Crippen molar-refractivity contribution in [1.29, 1.82) is 0 Å². The topological polar surface area (TPSA) is 30.5 Å². The van der Waals surface area contributed by atoms with Crippen LogP contribution in [0.3, 0.4) is 0 Å². The molecule has 0 amide bonds. The molecule has 0 saturated carbocycles. The van der Waals surface area contributed by atoms with E-state index in [4.69, 9.17) is 9.47 Å². The summed E-state index contributed by atoms with van der Waals surface area (Å²) in [5, 5.41) is 3.63. The van der Waals surface area contributed by atoms with Gasteiger partial charge in [-0.05, 0) is 25.2 Å². The molecule has 0 bridgehead atoms. The lowest BCUT2D eigenvalue weighted by Crippen LogP contribution is -2.41. The Morgan fingerprint density at radius 2 is 2.31 bits per heavy atom. The van der Waals surface area contributed by atoms with Gasteiger partial charge in [0, 0.05) is 32.9 Å². The van der Waals surface area contributed by atoms with Crippen molar-refractivity contribution in [2.45, 2.75) is 51.7 Å². The summed E-state index contributed by atoms with van der Waals surface area (Å²) in [7, 11) is 1.77. The Hall–Kier alpha value is -0.120. The van der Waals surface area contributed by atoms with Gasteiger partial charge in [-0.2, -0.15) is 0 Å². The van der Waals surface area contributed by atoms with Crippen molar-refractivity contribution in [2.24, 2.45) is 5.92 Å². The maximum atomic E-state index is 5.74. The van der Waals surface area contributed by atoms with E-state index in [-0.39, 0.29) is 0 Å². The lowest BCUT2D eigenvalue weighted by atomic mass is 9.99. The highest BCUT2D eigenvalue weighted by Crippen LogP contribution is 2.17. The zero-order valence-electron chi connectivity index (χ0n) is 11.0. The van der Waals surface area contributed by atoms with Gasteiger partial charge in [-0.15, -0.1) is 0 Å². The second-order valence-corrected chi connectivity index (χ2v) is 4.97. The van der Waals surface area contributed by atoms with Gasteiger partial charge < -0.3 is 14.8 Å². The number of ether oxygens (including phenoxy) is 2. The van der Waals surface area contributed by atoms with Gasteiger partial charge in [0.25, 0.3) is 0 Å². The molecule has 1 N–H and O–H groups in total. The molecule has 0 aliphatic carbocycles. The van der Waals surface area contributed by atoms with Crippen LogP contribution in [-0.4, -0.2) is 39.0 Å². The number of hydrogen-bond donors (Lipinski definition) is 1. The molecule has 0 aromatic heterocycles. The lowest BCUT2D eigenvalue weighted by Gasteiger charge is -2.30. The highest BCUT2D eigenvalue weighted by molar-refractivity contribution is 4.77. The van der Waals surface area contributed by atoms with Gasteiger partial charge in [-0.25, -0.2) is 0 Å². The Labute approximate surface area is 99.9 Å². The molecule has 16 heavy (non-hydrogen) atoms. The predicted molar refractivity (Wildman–Crippen MR) is 66.7 cm³/mol. The lowest BCUT2D eigenvalue weighted by molar-refractivity contribution is -0.00408. The van der Waals surface area contributed by atoms with Crippen LogP contribution in [0, 0.1) is 5.92 Å². The van der Waals surface area contributed by atoms with Crippen molar-refractivity contribution in [2.75, 3.05) is 26.9 Å². The summed E-state index contributed by atoms with van der Waals surface area (Å²) in [5.74, 6) is 0.595. The SMILES string of the molecule is CCCC1CC(NCC(C)COC)CCO1. The Morgan fingerprint density at radius 1 is 1.50 bits per heavy atom. The van der Waals surface area contributed by atoms with Crippen molar-refractivity contribution in [3.05, 3.63) is 0 Å². The predicted octanol–water partition coefficient (Wildman–Crippen LogP) is 2.21. The van der Waals surface area contributed by atoms with Crippen LogP contribution in [0.2, 0.25) is 0 Å². The van der Waals surface area contributed by atoms with Crippen molar-refractivity contribution in [3.63, 3.8) is 0 Å². The Balaban J connectivity index is 2.16. The van der Waals surface area contributed by atoms with Crippen LogP contribution in [0.1, 0.15) is 39.5 Å². The van der Waals surface area contributed by atoms with Crippen LogP contribution in [0.5, 0.6) is 0 Å². The molecule has 1 aliphatic heterocycles. The van der Waals surface area contributed by atoms with Gasteiger partial charge in [0.1, 0.15) is 0 Å². The van der Waals surface area contributed by atoms with Crippen LogP contribution in [0.4, 0.5) is 0 Å². The third-order valence-corrected chi connectivity index (χ3v) is 3.18. The molecular formula is C13H27NO2. The van der Waals surface area contributed by atoms with Gasteiger partial charge in [0.2, 0.25) is 0 Å². The van der Waals surface area contributed by atoms with Gasteiger partial charge in [-0.3, -0.25) is 0 Å². The standard InChI is InChI=1S/C13H27NO2/c1-4-5-13-8-12(6-7-16-13)14-9-11(2)10-15-3/h11-14H,4-10H2,1-3H3. The van der Waals surface area contributed by atoms with Crippen LogP contribution in [0.25, 0.3) is 0 Å². The zero-order valence-corrected chi connectivity index (χ0v) is 11.0. The summed E-state index contributed by atoms with van der Waals surface area (Å²) in [6.45, 7) is 7.26. The van der Waals surface area contributed by atoms with E-state index in [1.54, 1.807) is 7.11 Å². The van der Waals surface area contributed by atoms with Crippen LogP contribution >= 0.6 is 0 Å². The Kier molecular flexibility index (Phi) is 7.01. The van der Waals surface area contributed by atoms with E-state index in [0.29, 0.717) is 18.1 Å². The van der Waals surface area contributed by atoms with E-state index in [1.807, 2.05) is 0 Å². The average molecular weight is 229 g/mol. The van der Waals surface area contributed by atoms with Crippen molar-refractivity contribution in [1.82, 2.24) is 5.32 Å². The van der Waals surface area contributed by atoms with Crippen LogP contribution < -0.4 is 5.32 Å². The third-order valence-electron chi connectivity index (χ3n) is 3.18. The van der Waals surface area contributed by atoms with Crippen molar-refractivity contribution >= 4 is 0 Å². The first kappa shape index (κ1) is 13.9. The minimum atomic E-state index is 0.481. The minimum Gasteiger partial charge on any atom is -0.384 e. The molecule has 0 aromatic rings. The largest absolute Gasteiger partial charge is 0.384 e. The second-order valence-electron chi connectivity index (χ2n) is 4.97. The van der Waals surface area contributed by atoms with E-state index in [1.165, 1.54) is 19.3 Å². The number of rotatable bonds is 7. The second kappa shape index (κ2) is 8.04. The van der Waals surface area contributed by atoms with E-state index in [2.05, 4.69) is 19.2 Å². The Morgan fingerprint density at radius 3 is 3.00 bits per heavy atom. The first-order valence-corrected chi connectivity index (χ1v) is 6.60. The molecule has 96 valence electrons. The van der Waals surface area contributed by atoms with Gasteiger partial charge in [0.15, 0.2) is 0 Å². The zero-order chi connectivity index (χ0) is 11.8. The molecule has 1 aliphatic rings. The fourth-order valence-electron chi connectivity index (χ4n) is 2.30. The monoisotopic (exact) mass is 229 g/mol. The van der Waals surface area contributed by atoms with Crippen LogP contribution in [0.15, 0.2) is 0 Å². The maximum absolute atomic E-state index is 5.74. The molecule has 3 nitrogen and oxygen atoms in total. The first-order chi connectivity index (χ1) is 7.76. The summed E-state index contributed by atoms with van der Waals surface area (Å²) in [6, 6.07) is 0.643. The Bertz CT molecular complexity index is 173. The fraction of sp³-hybridized carbons (Fsp3) is 1.00. The number of nitrogens with one attached hydrogen (secondary N) is 1. The molecular weight excluding hydrogens is 202 g/mol. The van der Waals surface area contributed by atoms with E-state index in [0.717, 1.165) is 26.2 Å². The van der Waals surface area contributed by atoms with Crippen molar-refractivity contribution in [3.8, 4) is 0 Å². The fourth-order valence-corrected chi connectivity index (χ4v) is 2.30. The quantitative estimate of drug-likeness (QED) is 0.726. The molecule has 3 atom stereocenters. The molecule has 0 spiro atoms. The summed E-state index contributed by atoms with van der Waals surface area (Å²) < 4.78 is 10.9. The summed E-state index contributed by atoms with van der Waals surface area (Å²) in [4.78, 5) is 0. The van der Waals surface area contributed by atoms with Gasteiger partial charge in [-0.1, -0.05) is 20.3 Å². The summed E-state index contributed by atoms with van der Waals surface area (Å²) in [6.07, 6.45) is 5.23. The minimum absolute atomic E-state index is 0.481. The number of hydrogen-bond acceptors (Lipinski definition) is 3. The average Bonchev–Trinajstić information content (AvgIpc) is 2.28. The molecule has 3 unspecified atom stereocenters. The molecule has 1 fully saturated rings. The summed E-state index contributed by atoms with van der Waals surface area (Å²) >= 11 is 0. The molecule has 0 aromatic carbocycles. The van der Waals surface area contributed by atoms with E-state index in [9.17, 15) is 0 Å². The van der Waals surface area contributed by atoms with Crippen molar-refractivity contribution < 1.29 is 9.47 Å². The van der Waals surface area contributed by atoms with E-state index >= 15 is 0 Å². The molecule has 3 heteroatoms. The first-order valence-electron chi connectivity index (χ1n) is 6.60.